The first-order chi connectivity index (χ1) is 15.3. The average Bonchev–Trinajstić information content (AvgIpc) is 3.38. The third kappa shape index (κ3) is 6.40. The second-order valence-corrected chi connectivity index (χ2v) is 10.6. The number of ether oxygens (including phenoxy) is 1. The van der Waals surface area contributed by atoms with Crippen molar-refractivity contribution in [2.45, 2.75) is 62.8 Å². The van der Waals surface area contributed by atoms with E-state index in [-0.39, 0.29) is 23.1 Å². The molecule has 0 unspecified atom stereocenters. The number of hydrogen-bond acceptors (Lipinski definition) is 5. The van der Waals surface area contributed by atoms with E-state index in [1.807, 2.05) is 49.1 Å². The summed E-state index contributed by atoms with van der Waals surface area (Å²) in [6.45, 7) is 9.99. The van der Waals surface area contributed by atoms with Gasteiger partial charge in [-0.2, -0.15) is 0 Å². The lowest BCUT2D eigenvalue weighted by Crippen LogP contribution is -2.42. The number of nitrogens with one attached hydrogen (secondary N) is 1. The van der Waals surface area contributed by atoms with Gasteiger partial charge in [0.05, 0.1) is 36.8 Å². The Bertz CT molecular complexity index is 1010. The standard InChI is InChI=1S/C23H32N4O3S2/c1-4-12-26(22(31)25-18(2)3)15-20-14-24-23(27(20)16-21-11-8-13-30-21)32(28,29)17-19-9-6-5-7-10-19/h4-7,9-10,14,18,21H,1,8,11-13,15-17H2,2-3H3,(H,25,31)/t21-/m0/s1. The molecular weight excluding hydrogens is 444 g/mol. The van der Waals surface area contributed by atoms with Crippen molar-refractivity contribution in [3.8, 4) is 0 Å². The van der Waals surface area contributed by atoms with Gasteiger partial charge in [0.25, 0.3) is 0 Å². The van der Waals surface area contributed by atoms with E-state index in [9.17, 15) is 8.42 Å². The quantitative estimate of drug-likeness (QED) is 0.416. The minimum Gasteiger partial charge on any atom is -0.376 e. The van der Waals surface area contributed by atoms with Crippen molar-refractivity contribution >= 4 is 27.2 Å². The molecule has 1 aromatic carbocycles. The first kappa shape index (κ1) is 24.4. The van der Waals surface area contributed by atoms with Gasteiger partial charge in [-0.25, -0.2) is 13.4 Å². The lowest BCUT2D eigenvalue weighted by Gasteiger charge is -2.27. The third-order valence-electron chi connectivity index (χ3n) is 5.19. The van der Waals surface area contributed by atoms with Gasteiger partial charge >= 0.3 is 0 Å². The van der Waals surface area contributed by atoms with Crippen molar-refractivity contribution < 1.29 is 13.2 Å². The van der Waals surface area contributed by atoms with Crippen LogP contribution in [0, 0.1) is 0 Å². The molecule has 1 fully saturated rings. The Morgan fingerprint density at radius 1 is 1.41 bits per heavy atom. The molecular formula is C23H32N4O3S2. The number of sulfone groups is 1. The van der Waals surface area contributed by atoms with Crippen LogP contribution in [0.3, 0.4) is 0 Å². The Kier molecular flexibility index (Phi) is 8.44. The van der Waals surface area contributed by atoms with Crippen LogP contribution in [0.2, 0.25) is 0 Å². The van der Waals surface area contributed by atoms with Gasteiger partial charge < -0.3 is 19.5 Å². The molecule has 9 heteroatoms. The topological polar surface area (TPSA) is 76.5 Å². The minimum atomic E-state index is -3.64. The van der Waals surface area contributed by atoms with Crippen LogP contribution in [0.5, 0.6) is 0 Å². The molecule has 7 nitrogen and oxygen atoms in total. The zero-order valence-electron chi connectivity index (χ0n) is 18.7. The number of hydrogen-bond donors (Lipinski definition) is 1. The highest BCUT2D eigenvalue weighted by atomic mass is 32.2. The van der Waals surface area contributed by atoms with Crippen molar-refractivity contribution in [1.82, 2.24) is 19.8 Å². The summed E-state index contributed by atoms with van der Waals surface area (Å²) in [6, 6.07) is 9.36. The van der Waals surface area contributed by atoms with Gasteiger partial charge in [-0.15, -0.1) is 6.58 Å². The maximum absolute atomic E-state index is 13.3. The Morgan fingerprint density at radius 2 is 2.16 bits per heavy atom. The van der Waals surface area contributed by atoms with Gasteiger partial charge in [0.2, 0.25) is 15.0 Å². The molecule has 2 heterocycles. The number of thiocarbonyl (C=S) groups is 1. The predicted molar refractivity (Wildman–Crippen MR) is 130 cm³/mol. The van der Waals surface area contributed by atoms with E-state index in [0.717, 1.165) is 24.1 Å². The first-order valence-corrected chi connectivity index (χ1v) is 12.9. The van der Waals surface area contributed by atoms with Crippen LogP contribution in [0.15, 0.2) is 54.3 Å². The number of rotatable bonds is 10. The third-order valence-corrected chi connectivity index (χ3v) is 7.16. The molecule has 1 aliphatic rings. The van der Waals surface area contributed by atoms with Crippen LogP contribution in [0.1, 0.15) is 37.9 Å². The summed E-state index contributed by atoms with van der Waals surface area (Å²) in [7, 11) is -3.64. The van der Waals surface area contributed by atoms with Crippen molar-refractivity contribution in [2.24, 2.45) is 0 Å². The Hall–Kier alpha value is -2.23. The fourth-order valence-electron chi connectivity index (χ4n) is 3.72. The Labute approximate surface area is 196 Å². The second-order valence-electron chi connectivity index (χ2n) is 8.30. The van der Waals surface area contributed by atoms with Crippen LogP contribution >= 0.6 is 12.2 Å². The number of nitrogens with zero attached hydrogens (tertiary/aromatic N) is 3. The summed E-state index contributed by atoms with van der Waals surface area (Å²) < 4.78 is 34.2. The molecule has 32 heavy (non-hydrogen) atoms. The fraction of sp³-hybridized carbons (Fsp3) is 0.478. The summed E-state index contributed by atoms with van der Waals surface area (Å²) in [5, 5.41) is 3.92. The minimum absolute atomic E-state index is 0.0257. The molecule has 0 saturated carbocycles. The lowest BCUT2D eigenvalue weighted by molar-refractivity contribution is 0.0937. The van der Waals surface area contributed by atoms with Crippen LogP contribution < -0.4 is 5.32 Å². The second kappa shape index (κ2) is 11.1. The summed E-state index contributed by atoms with van der Waals surface area (Å²) in [5.74, 6) is -0.0977. The van der Waals surface area contributed by atoms with Crippen LogP contribution in [0.4, 0.5) is 0 Å². The molecule has 1 aromatic heterocycles. The van der Waals surface area contributed by atoms with E-state index in [1.165, 1.54) is 0 Å². The summed E-state index contributed by atoms with van der Waals surface area (Å²) in [4.78, 5) is 6.32. The van der Waals surface area contributed by atoms with Gasteiger partial charge in [-0.1, -0.05) is 36.4 Å². The van der Waals surface area contributed by atoms with Crippen molar-refractivity contribution in [3.05, 3.63) is 60.4 Å². The monoisotopic (exact) mass is 476 g/mol. The molecule has 0 radical (unpaired) electrons. The van der Waals surface area contributed by atoms with Crippen LogP contribution in [-0.4, -0.2) is 53.3 Å². The maximum Gasteiger partial charge on any atom is 0.228 e. The molecule has 0 bridgehead atoms. The van der Waals surface area contributed by atoms with E-state index in [1.54, 1.807) is 16.8 Å². The molecule has 174 valence electrons. The smallest absolute Gasteiger partial charge is 0.228 e. The van der Waals surface area contributed by atoms with E-state index in [4.69, 9.17) is 17.0 Å². The maximum atomic E-state index is 13.3. The molecule has 0 aliphatic carbocycles. The summed E-state index contributed by atoms with van der Waals surface area (Å²) >= 11 is 5.56. The highest BCUT2D eigenvalue weighted by molar-refractivity contribution is 7.90. The largest absolute Gasteiger partial charge is 0.376 e. The Morgan fingerprint density at radius 3 is 2.78 bits per heavy atom. The SMILES string of the molecule is C=CCN(Cc1cnc(S(=O)(=O)Cc2ccccc2)n1C[C@@H]1CCCO1)C(=S)NC(C)C. The van der Waals surface area contributed by atoms with Crippen molar-refractivity contribution in [1.29, 1.82) is 0 Å². The highest BCUT2D eigenvalue weighted by Gasteiger charge is 2.28. The fourth-order valence-corrected chi connectivity index (χ4v) is 5.60. The zero-order chi connectivity index (χ0) is 23.1. The number of aromatic nitrogens is 2. The molecule has 1 N–H and O–H groups in total. The van der Waals surface area contributed by atoms with E-state index in [0.29, 0.717) is 31.4 Å². The normalized spacial score (nSPS) is 16.3. The van der Waals surface area contributed by atoms with Crippen molar-refractivity contribution in [2.75, 3.05) is 13.2 Å². The van der Waals surface area contributed by atoms with E-state index < -0.39 is 9.84 Å². The van der Waals surface area contributed by atoms with Gasteiger partial charge in [-0.3, -0.25) is 0 Å². The number of benzene rings is 1. The van der Waals surface area contributed by atoms with Crippen LogP contribution in [-0.2, 0) is 33.4 Å². The van der Waals surface area contributed by atoms with Crippen molar-refractivity contribution in [3.63, 3.8) is 0 Å². The Balaban J connectivity index is 1.92. The molecule has 1 aliphatic heterocycles. The molecule has 0 amide bonds. The molecule has 2 aromatic rings. The molecule has 1 atom stereocenters. The van der Waals surface area contributed by atoms with Crippen LogP contribution in [0.25, 0.3) is 0 Å². The lowest BCUT2D eigenvalue weighted by atomic mass is 10.2. The summed E-state index contributed by atoms with van der Waals surface area (Å²) in [5.41, 5.74) is 1.51. The van der Waals surface area contributed by atoms with Gasteiger partial charge in [-0.05, 0) is 44.5 Å². The number of imidazole rings is 1. The highest BCUT2D eigenvalue weighted by Crippen LogP contribution is 2.22. The van der Waals surface area contributed by atoms with E-state index >= 15 is 0 Å². The predicted octanol–water partition coefficient (Wildman–Crippen LogP) is 3.31. The molecule has 0 spiro atoms. The van der Waals surface area contributed by atoms with E-state index in [2.05, 4.69) is 16.9 Å². The average molecular weight is 477 g/mol. The van der Waals surface area contributed by atoms with Gasteiger partial charge in [0.1, 0.15) is 0 Å². The van der Waals surface area contributed by atoms with Gasteiger partial charge in [0.15, 0.2) is 5.11 Å². The first-order valence-electron chi connectivity index (χ1n) is 10.9. The summed E-state index contributed by atoms with van der Waals surface area (Å²) in [6.07, 6.45) is 5.27. The molecule has 3 rings (SSSR count). The zero-order valence-corrected chi connectivity index (χ0v) is 20.4. The molecule has 1 saturated heterocycles. The van der Waals surface area contributed by atoms with Gasteiger partial charge in [0, 0.05) is 19.2 Å².